The van der Waals surface area contributed by atoms with Crippen molar-refractivity contribution in [2.45, 2.75) is 38.3 Å². The molecule has 2 aromatic carbocycles. The maximum atomic E-state index is 13.8. The molecule has 2 aliphatic heterocycles. The summed E-state index contributed by atoms with van der Waals surface area (Å²) in [5.41, 5.74) is 4.66. The van der Waals surface area contributed by atoms with Crippen molar-refractivity contribution >= 4 is 23.5 Å². The Bertz CT molecular complexity index is 1150. The van der Waals surface area contributed by atoms with Gasteiger partial charge in [0, 0.05) is 19.6 Å². The van der Waals surface area contributed by atoms with Crippen LogP contribution in [0.1, 0.15) is 36.8 Å². The van der Waals surface area contributed by atoms with Gasteiger partial charge in [-0.3, -0.25) is 19.7 Å². The van der Waals surface area contributed by atoms with Gasteiger partial charge >= 0.3 is 6.09 Å². The molecule has 2 heterocycles. The van der Waals surface area contributed by atoms with Gasteiger partial charge < -0.3 is 9.64 Å². The second-order valence-corrected chi connectivity index (χ2v) is 10.0. The van der Waals surface area contributed by atoms with E-state index in [1.54, 1.807) is 10.4 Å². The number of benzene rings is 2. The van der Waals surface area contributed by atoms with Crippen LogP contribution < -0.4 is 5.48 Å². The van der Waals surface area contributed by atoms with Crippen LogP contribution in [0.25, 0.3) is 5.57 Å². The van der Waals surface area contributed by atoms with Crippen LogP contribution in [-0.4, -0.2) is 58.6 Å². The molecule has 8 nitrogen and oxygen atoms in total. The molecule has 1 aliphatic carbocycles. The molecule has 0 bridgehead atoms. The number of hydrogen-bond acceptors (Lipinski definition) is 5. The number of carbonyl (C=O) groups excluding carboxylic acids is 3. The molecule has 2 fully saturated rings. The van der Waals surface area contributed by atoms with Gasteiger partial charge in [-0.05, 0) is 47.8 Å². The third-order valence-corrected chi connectivity index (χ3v) is 7.64. The van der Waals surface area contributed by atoms with Gasteiger partial charge in [0.1, 0.15) is 12.6 Å². The minimum atomic E-state index is -1.03. The largest absolute Gasteiger partial charge is 0.445 e. The van der Waals surface area contributed by atoms with Crippen molar-refractivity contribution in [1.82, 2.24) is 15.3 Å². The van der Waals surface area contributed by atoms with E-state index in [1.165, 1.54) is 10.5 Å². The van der Waals surface area contributed by atoms with Gasteiger partial charge in [0.05, 0.1) is 5.92 Å². The van der Waals surface area contributed by atoms with E-state index in [2.05, 4.69) is 0 Å². The maximum absolute atomic E-state index is 13.8. The van der Waals surface area contributed by atoms with Crippen LogP contribution in [0, 0.1) is 11.3 Å². The Hall–Kier alpha value is -3.65. The van der Waals surface area contributed by atoms with Crippen LogP contribution in [0.5, 0.6) is 0 Å². The zero-order valence-electron chi connectivity index (χ0n) is 20.1. The summed E-state index contributed by atoms with van der Waals surface area (Å²) in [4.78, 5) is 43.0. The number of nitrogens with zero attached hydrogens (tertiary/aromatic N) is 2. The Balaban J connectivity index is 1.37. The molecule has 0 aromatic heterocycles. The summed E-state index contributed by atoms with van der Waals surface area (Å²) in [6.45, 7) is 1.33. The van der Waals surface area contributed by atoms with Crippen molar-refractivity contribution in [3.63, 3.8) is 0 Å². The van der Waals surface area contributed by atoms with Crippen LogP contribution in [0.15, 0.2) is 66.7 Å². The molecule has 3 aliphatic rings. The Kier molecular flexibility index (Phi) is 6.78. The highest BCUT2D eigenvalue weighted by Gasteiger charge is 2.57. The van der Waals surface area contributed by atoms with Crippen molar-refractivity contribution in [2.75, 3.05) is 19.6 Å². The molecule has 5 rings (SSSR count). The second-order valence-electron chi connectivity index (χ2n) is 10.0. The summed E-state index contributed by atoms with van der Waals surface area (Å²) >= 11 is 0. The number of hydroxylamine groups is 1. The van der Waals surface area contributed by atoms with Gasteiger partial charge in [0.25, 0.3) is 0 Å². The molecule has 36 heavy (non-hydrogen) atoms. The highest BCUT2D eigenvalue weighted by atomic mass is 16.6. The third-order valence-electron chi connectivity index (χ3n) is 7.64. The van der Waals surface area contributed by atoms with Gasteiger partial charge in [-0.1, -0.05) is 66.7 Å². The van der Waals surface area contributed by atoms with Crippen molar-refractivity contribution in [1.29, 1.82) is 0 Å². The first kappa shape index (κ1) is 24.1. The van der Waals surface area contributed by atoms with Crippen molar-refractivity contribution in [3.05, 3.63) is 77.9 Å². The van der Waals surface area contributed by atoms with Crippen LogP contribution in [0.3, 0.4) is 0 Å². The Morgan fingerprint density at radius 2 is 1.72 bits per heavy atom. The highest BCUT2D eigenvalue weighted by Crippen LogP contribution is 2.55. The quantitative estimate of drug-likeness (QED) is 0.494. The lowest BCUT2D eigenvalue weighted by atomic mass is 9.79. The molecule has 3 amide bonds. The first-order valence-electron chi connectivity index (χ1n) is 12.4. The van der Waals surface area contributed by atoms with Crippen molar-refractivity contribution in [3.8, 4) is 0 Å². The van der Waals surface area contributed by atoms with Crippen LogP contribution in [-0.2, 0) is 20.9 Å². The molecule has 1 spiro atoms. The van der Waals surface area contributed by atoms with Crippen LogP contribution in [0.2, 0.25) is 0 Å². The van der Waals surface area contributed by atoms with E-state index in [0.29, 0.717) is 32.5 Å². The zero-order valence-corrected chi connectivity index (χ0v) is 20.1. The fraction of sp³-hybridized carbons (Fsp3) is 0.393. The Morgan fingerprint density at radius 1 is 1.03 bits per heavy atom. The fourth-order valence-corrected chi connectivity index (χ4v) is 5.43. The topological polar surface area (TPSA) is 99.2 Å². The lowest BCUT2D eigenvalue weighted by molar-refractivity contribution is -0.150. The smallest absolute Gasteiger partial charge is 0.410 e. The minimum absolute atomic E-state index is 0.0772. The number of amides is 3. The van der Waals surface area contributed by atoms with E-state index in [4.69, 9.17) is 4.74 Å². The SMILES string of the molecule is O=C(NO)C1CC2(CC2)CN(C(=O)OCc2ccccc2)C1C(=O)N1CC=C(c2ccccc2)CC1. The fourth-order valence-electron chi connectivity index (χ4n) is 5.43. The number of carbonyl (C=O) groups is 3. The lowest BCUT2D eigenvalue weighted by Crippen LogP contribution is -2.62. The van der Waals surface area contributed by atoms with Gasteiger partial charge in [-0.25, -0.2) is 10.3 Å². The molecule has 1 saturated heterocycles. The predicted octanol–water partition coefficient (Wildman–Crippen LogP) is 3.62. The summed E-state index contributed by atoms with van der Waals surface area (Å²) in [5, 5.41) is 9.46. The molecule has 2 atom stereocenters. The molecule has 8 heteroatoms. The second kappa shape index (κ2) is 10.1. The van der Waals surface area contributed by atoms with E-state index in [0.717, 1.165) is 24.0 Å². The van der Waals surface area contributed by atoms with E-state index in [1.807, 2.05) is 66.7 Å². The summed E-state index contributed by atoms with van der Waals surface area (Å²) in [7, 11) is 0. The summed E-state index contributed by atoms with van der Waals surface area (Å²) in [6, 6.07) is 18.3. The standard InChI is InChI=1S/C28H31N3O5/c32-25(29-35)23-17-28(13-14-28)19-31(27(34)36-18-20-7-3-1-4-8-20)24(23)26(33)30-15-11-22(12-16-30)21-9-5-2-6-10-21/h1-11,23-24,35H,12-19H2,(H,29,32). The Labute approximate surface area is 210 Å². The number of nitrogens with one attached hydrogen (secondary N) is 1. The number of likely N-dealkylation sites (tertiary alicyclic amines) is 1. The van der Waals surface area contributed by atoms with Gasteiger partial charge in [-0.2, -0.15) is 0 Å². The molecular weight excluding hydrogens is 458 g/mol. The van der Waals surface area contributed by atoms with Gasteiger partial charge in [0.2, 0.25) is 11.8 Å². The van der Waals surface area contributed by atoms with Gasteiger partial charge in [0.15, 0.2) is 0 Å². The Morgan fingerprint density at radius 3 is 2.33 bits per heavy atom. The first-order chi connectivity index (χ1) is 17.5. The molecule has 188 valence electrons. The van der Waals surface area contributed by atoms with E-state index in [9.17, 15) is 19.6 Å². The van der Waals surface area contributed by atoms with E-state index in [-0.39, 0.29) is 17.9 Å². The average molecular weight is 490 g/mol. The number of rotatable bonds is 5. The average Bonchev–Trinajstić information content (AvgIpc) is 3.69. The molecule has 2 unspecified atom stereocenters. The highest BCUT2D eigenvalue weighted by molar-refractivity contribution is 5.93. The number of ether oxygens (including phenoxy) is 1. The monoisotopic (exact) mass is 489 g/mol. The molecule has 2 N–H and O–H groups in total. The third kappa shape index (κ3) is 4.99. The van der Waals surface area contributed by atoms with Crippen molar-refractivity contribution < 1.29 is 24.3 Å². The normalized spacial score (nSPS) is 22.5. The molecular formula is C28H31N3O5. The summed E-state index contributed by atoms with van der Waals surface area (Å²) in [6.07, 6.45) is 4.30. The molecule has 2 aromatic rings. The van der Waals surface area contributed by atoms with Crippen molar-refractivity contribution in [2.24, 2.45) is 11.3 Å². The summed E-state index contributed by atoms with van der Waals surface area (Å²) in [5.74, 6) is -1.78. The van der Waals surface area contributed by atoms with E-state index < -0.39 is 24.0 Å². The lowest BCUT2D eigenvalue weighted by Gasteiger charge is -2.44. The van der Waals surface area contributed by atoms with Gasteiger partial charge in [-0.15, -0.1) is 0 Å². The first-order valence-corrected chi connectivity index (χ1v) is 12.4. The minimum Gasteiger partial charge on any atom is -0.445 e. The number of hydrogen-bond donors (Lipinski definition) is 2. The van der Waals surface area contributed by atoms with Crippen LogP contribution >= 0.6 is 0 Å². The molecule has 1 saturated carbocycles. The van der Waals surface area contributed by atoms with E-state index >= 15 is 0 Å². The zero-order chi connectivity index (χ0) is 25.1. The maximum Gasteiger partial charge on any atom is 0.410 e. The number of piperidine rings is 1. The summed E-state index contributed by atoms with van der Waals surface area (Å²) < 4.78 is 5.60. The molecule has 0 radical (unpaired) electrons. The predicted molar refractivity (Wildman–Crippen MR) is 132 cm³/mol. The van der Waals surface area contributed by atoms with Crippen LogP contribution in [0.4, 0.5) is 4.79 Å².